The summed E-state index contributed by atoms with van der Waals surface area (Å²) in [4.78, 5) is 28.3. The van der Waals surface area contributed by atoms with E-state index in [-0.39, 0.29) is 18.4 Å². The second-order valence-electron chi connectivity index (χ2n) is 9.09. The summed E-state index contributed by atoms with van der Waals surface area (Å²) >= 11 is 3.43. The summed E-state index contributed by atoms with van der Waals surface area (Å²) in [7, 11) is 3.29. The molecular weight excluding hydrogens is 496 g/mol. The Bertz CT molecular complexity index is 1110. The Hall–Kier alpha value is -2.24. The van der Waals surface area contributed by atoms with Gasteiger partial charge in [0.15, 0.2) is 0 Å². The van der Waals surface area contributed by atoms with Crippen molar-refractivity contribution < 1.29 is 19.5 Å². The van der Waals surface area contributed by atoms with Crippen molar-refractivity contribution in [1.29, 1.82) is 0 Å². The Morgan fingerprint density at radius 1 is 1.28 bits per heavy atom. The van der Waals surface area contributed by atoms with E-state index in [9.17, 15) is 9.90 Å². The van der Waals surface area contributed by atoms with Crippen molar-refractivity contribution in [2.24, 2.45) is 11.8 Å². The van der Waals surface area contributed by atoms with Crippen molar-refractivity contribution in [3.8, 4) is 5.75 Å². The SMILES string of the molecule is CON[C@@H](CC[C@@H]1CCN(CCSc2nccs2)C[C@@H]1CC(=O)O)c1ccnc2ccc(OC)cc12. The summed E-state index contributed by atoms with van der Waals surface area (Å²) in [5, 5.41) is 12.6. The van der Waals surface area contributed by atoms with E-state index in [4.69, 9.17) is 9.57 Å². The highest BCUT2D eigenvalue weighted by Crippen LogP contribution is 2.35. The number of methoxy groups -OCH3 is 1. The molecule has 1 aliphatic heterocycles. The molecule has 0 aliphatic carbocycles. The monoisotopic (exact) mass is 530 g/mol. The molecule has 0 bridgehead atoms. The van der Waals surface area contributed by atoms with Crippen LogP contribution in [0.25, 0.3) is 10.9 Å². The number of hydrogen-bond acceptors (Lipinski definition) is 9. The fourth-order valence-electron chi connectivity index (χ4n) is 5.12. The maximum absolute atomic E-state index is 11.7. The Morgan fingerprint density at radius 3 is 2.92 bits per heavy atom. The van der Waals surface area contributed by atoms with Crippen LogP contribution in [0.5, 0.6) is 5.75 Å². The molecule has 3 atom stereocenters. The highest BCUT2D eigenvalue weighted by Gasteiger charge is 2.31. The van der Waals surface area contributed by atoms with Gasteiger partial charge >= 0.3 is 5.97 Å². The number of aliphatic carboxylic acids is 1. The van der Waals surface area contributed by atoms with Crippen molar-refractivity contribution in [2.75, 3.05) is 39.6 Å². The number of benzene rings is 1. The van der Waals surface area contributed by atoms with Crippen LogP contribution < -0.4 is 10.2 Å². The molecule has 1 aromatic carbocycles. The smallest absolute Gasteiger partial charge is 0.303 e. The van der Waals surface area contributed by atoms with E-state index >= 15 is 0 Å². The Morgan fingerprint density at radius 2 is 2.17 bits per heavy atom. The summed E-state index contributed by atoms with van der Waals surface area (Å²) < 4.78 is 6.53. The lowest BCUT2D eigenvalue weighted by Crippen LogP contribution is -2.42. The molecular formula is C26H34N4O4S2. The second kappa shape index (κ2) is 13.3. The first-order valence-corrected chi connectivity index (χ1v) is 14.1. The van der Waals surface area contributed by atoms with Gasteiger partial charge in [0.25, 0.3) is 0 Å². The standard InChI is InChI=1S/C26H34N4O4S2/c1-33-20-4-6-23-22(16-20)21(7-9-27-23)24(29-34-2)5-3-18-8-11-30(17-19(18)15-25(31)32)12-14-36-26-28-10-13-35-26/h4,6-7,9-10,13,16,18-19,24,29H,3,5,8,11-12,14-15,17H2,1-2H3,(H,31,32)/t18-,19+,24+/m1/s1. The number of thiazole rings is 1. The third-order valence-electron chi connectivity index (χ3n) is 6.90. The third-order valence-corrected chi connectivity index (χ3v) is 8.85. The minimum absolute atomic E-state index is 0.0363. The lowest BCUT2D eigenvalue weighted by molar-refractivity contribution is -0.139. The van der Waals surface area contributed by atoms with Crippen LogP contribution in [0.4, 0.5) is 0 Å². The highest BCUT2D eigenvalue weighted by molar-refractivity contribution is 8.01. The van der Waals surface area contributed by atoms with Gasteiger partial charge in [-0.3, -0.25) is 9.78 Å². The number of ether oxygens (including phenoxy) is 1. The Labute approximate surface area is 220 Å². The molecule has 3 aromatic rings. The predicted octanol–water partition coefficient (Wildman–Crippen LogP) is 4.88. The van der Waals surface area contributed by atoms with Gasteiger partial charge in [-0.05, 0) is 67.5 Å². The molecule has 0 radical (unpaired) electrons. The summed E-state index contributed by atoms with van der Waals surface area (Å²) in [5.74, 6) is 1.53. The number of rotatable bonds is 13. The van der Waals surface area contributed by atoms with Gasteiger partial charge in [-0.1, -0.05) is 11.8 Å². The van der Waals surface area contributed by atoms with Crippen LogP contribution in [-0.2, 0) is 9.63 Å². The normalized spacial score (nSPS) is 19.4. The molecule has 8 nitrogen and oxygen atoms in total. The van der Waals surface area contributed by atoms with Gasteiger partial charge in [0.2, 0.25) is 0 Å². The molecule has 194 valence electrons. The van der Waals surface area contributed by atoms with Gasteiger partial charge < -0.3 is 19.6 Å². The number of carbonyl (C=O) groups is 1. The minimum Gasteiger partial charge on any atom is -0.497 e. The summed E-state index contributed by atoms with van der Waals surface area (Å²) in [5.41, 5.74) is 5.18. The van der Waals surface area contributed by atoms with Crippen molar-refractivity contribution in [3.05, 3.63) is 47.6 Å². The summed E-state index contributed by atoms with van der Waals surface area (Å²) in [6.45, 7) is 2.77. The number of pyridine rings is 1. The van der Waals surface area contributed by atoms with E-state index < -0.39 is 5.97 Å². The third kappa shape index (κ3) is 7.17. The number of carboxylic acids is 1. The van der Waals surface area contributed by atoms with Gasteiger partial charge in [0, 0.05) is 48.4 Å². The number of thioether (sulfide) groups is 1. The topological polar surface area (TPSA) is 96.8 Å². The van der Waals surface area contributed by atoms with E-state index in [1.807, 2.05) is 42.0 Å². The second-order valence-corrected chi connectivity index (χ2v) is 11.3. The molecule has 0 spiro atoms. The number of aromatic nitrogens is 2. The number of nitrogens with zero attached hydrogens (tertiary/aromatic N) is 3. The lowest BCUT2D eigenvalue weighted by atomic mass is 9.79. The highest BCUT2D eigenvalue weighted by atomic mass is 32.2. The quantitative estimate of drug-likeness (QED) is 0.237. The first kappa shape index (κ1) is 26.8. The maximum Gasteiger partial charge on any atom is 0.303 e. The lowest BCUT2D eigenvalue weighted by Gasteiger charge is -2.38. The first-order chi connectivity index (χ1) is 17.6. The van der Waals surface area contributed by atoms with Crippen LogP contribution in [0.3, 0.4) is 0 Å². The number of carboxylic acid groups (broad SMARTS) is 1. The van der Waals surface area contributed by atoms with Crippen LogP contribution in [0.2, 0.25) is 0 Å². The van der Waals surface area contributed by atoms with Crippen LogP contribution >= 0.6 is 23.1 Å². The van der Waals surface area contributed by atoms with E-state index in [1.54, 1.807) is 37.3 Å². The fourth-order valence-corrected chi connectivity index (χ4v) is 6.82. The number of hydroxylamine groups is 1. The number of likely N-dealkylation sites (tertiary alicyclic amines) is 1. The molecule has 1 aliphatic rings. The molecule has 4 rings (SSSR count). The van der Waals surface area contributed by atoms with E-state index in [0.717, 1.165) is 71.2 Å². The molecule has 0 saturated carbocycles. The van der Waals surface area contributed by atoms with Gasteiger partial charge in [-0.15, -0.1) is 11.3 Å². The summed E-state index contributed by atoms with van der Waals surface area (Å²) in [6, 6.07) is 7.88. The van der Waals surface area contributed by atoms with E-state index in [2.05, 4.69) is 20.3 Å². The van der Waals surface area contributed by atoms with Crippen molar-refractivity contribution in [2.45, 2.75) is 36.1 Å². The van der Waals surface area contributed by atoms with Crippen molar-refractivity contribution in [1.82, 2.24) is 20.3 Å². The van der Waals surface area contributed by atoms with Crippen molar-refractivity contribution in [3.63, 3.8) is 0 Å². The van der Waals surface area contributed by atoms with Crippen LogP contribution in [-0.4, -0.2) is 65.6 Å². The zero-order valence-corrected chi connectivity index (χ0v) is 22.4. The average molecular weight is 531 g/mol. The average Bonchev–Trinajstić information content (AvgIpc) is 3.40. The number of hydrogen-bond donors (Lipinski definition) is 2. The van der Waals surface area contributed by atoms with Crippen LogP contribution in [0.1, 0.15) is 37.3 Å². The van der Waals surface area contributed by atoms with E-state index in [1.165, 1.54) is 0 Å². The molecule has 36 heavy (non-hydrogen) atoms. The Balaban J connectivity index is 1.41. The predicted molar refractivity (Wildman–Crippen MR) is 144 cm³/mol. The molecule has 0 amide bonds. The largest absolute Gasteiger partial charge is 0.497 e. The van der Waals surface area contributed by atoms with Crippen molar-refractivity contribution >= 4 is 40.0 Å². The minimum atomic E-state index is -0.720. The van der Waals surface area contributed by atoms with Crippen LogP contribution in [0.15, 0.2) is 46.4 Å². The number of nitrogens with one attached hydrogen (secondary N) is 1. The van der Waals surface area contributed by atoms with Crippen LogP contribution in [0, 0.1) is 11.8 Å². The number of fused-ring (bicyclic) bond motifs is 1. The molecule has 1 saturated heterocycles. The molecule has 1 fully saturated rings. The zero-order valence-electron chi connectivity index (χ0n) is 20.8. The van der Waals surface area contributed by atoms with Gasteiger partial charge in [-0.25, -0.2) is 4.98 Å². The molecule has 2 aromatic heterocycles. The van der Waals surface area contributed by atoms with Gasteiger partial charge in [0.1, 0.15) is 10.1 Å². The maximum atomic E-state index is 11.7. The van der Waals surface area contributed by atoms with E-state index in [0.29, 0.717) is 5.92 Å². The molecule has 3 heterocycles. The summed E-state index contributed by atoms with van der Waals surface area (Å²) in [6.07, 6.45) is 6.63. The fraction of sp³-hybridized carbons (Fsp3) is 0.500. The Kier molecular flexibility index (Phi) is 9.94. The van der Waals surface area contributed by atoms with Gasteiger partial charge in [-0.2, -0.15) is 5.48 Å². The van der Waals surface area contributed by atoms with Gasteiger partial charge in [0.05, 0.1) is 25.8 Å². The number of piperidine rings is 1. The zero-order chi connectivity index (χ0) is 25.3. The first-order valence-electron chi connectivity index (χ1n) is 12.2. The molecule has 10 heteroatoms. The molecule has 0 unspecified atom stereocenters. The molecule has 2 N–H and O–H groups in total.